The Bertz CT molecular complexity index is 1190. The average Bonchev–Trinajstić information content (AvgIpc) is 2.99. The van der Waals surface area contributed by atoms with Crippen LogP contribution >= 0.6 is 11.6 Å². The van der Waals surface area contributed by atoms with Gasteiger partial charge < -0.3 is 10.2 Å². The molecule has 1 N–H and O–H groups in total. The fourth-order valence-corrected chi connectivity index (χ4v) is 4.41. The van der Waals surface area contributed by atoms with Crippen LogP contribution in [-0.2, 0) is 10.5 Å². The van der Waals surface area contributed by atoms with Gasteiger partial charge in [-0.15, -0.1) is 6.58 Å². The molecule has 2 amide bonds. The Morgan fingerprint density at radius 1 is 0.967 bits per heavy atom. The minimum absolute atomic E-state index is 0.235. The first kappa shape index (κ1) is 18.5. The second kappa shape index (κ2) is 6.75. The Balaban J connectivity index is 1.82. The van der Waals surface area contributed by atoms with E-state index in [9.17, 15) is 9.59 Å². The van der Waals surface area contributed by atoms with Gasteiger partial charge in [-0.05, 0) is 42.5 Å². The van der Waals surface area contributed by atoms with E-state index < -0.39 is 5.66 Å². The van der Waals surface area contributed by atoms with Crippen LogP contribution in [0.1, 0.15) is 15.9 Å². The molecule has 5 nitrogen and oxygen atoms in total. The van der Waals surface area contributed by atoms with Crippen molar-refractivity contribution >= 4 is 40.5 Å². The summed E-state index contributed by atoms with van der Waals surface area (Å²) < 4.78 is 0. The van der Waals surface area contributed by atoms with Gasteiger partial charge in [-0.2, -0.15) is 0 Å². The third-order valence-corrected chi connectivity index (χ3v) is 5.80. The lowest BCUT2D eigenvalue weighted by molar-refractivity contribution is -0.122. The number of hydrogen-bond donors (Lipinski definition) is 1. The Morgan fingerprint density at radius 3 is 2.43 bits per heavy atom. The summed E-state index contributed by atoms with van der Waals surface area (Å²) in [4.78, 5) is 30.9. The second-order valence-electron chi connectivity index (χ2n) is 7.22. The molecule has 0 aliphatic carbocycles. The number of hydrogen-bond acceptors (Lipinski definition) is 3. The van der Waals surface area contributed by atoms with Crippen molar-refractivity contribution in [2.24, 2.45) is 0 Å². The van der Waals surface area contributed by atoms with Crippen molar-refractivity contribution < 1.29 is 9.59 Å². The van der Waals surface area contributed by atoms with Gasteiger partial charge in [0.15, 0.2) is 0 Å². The standard InChI is InChI=1S/C24H18ClN3O2/c1-2-15-27-21-10-6-4-8-19(21)24(23(27)30)26-20-9-5-3-7-18(20)22(29)28(24)17-13-11-16(25)12-14-17/h2-14,26H,1,15H2/t24-/m1/s1. The van der Waals surface area contributed by atoms with Crippen LogP contribution < -0.4 is 15.1 Å². The zero-order valence-corrected chi connectivity index (χ0v) is 16.8. The first-order valence-corrected chi connectivity index (χ1v) is 9.95. The van der Waals surface area contributed by atoms with Crippen molar-refractivity contribution in [1.82, 2.24) is 0 Å². The Kier molecular flexibility index (Phi) is 4.15. The van der Waals surface area contributed by atoms with E-state index in [1.807, 2.05) is 42.5 Å². The van der Waals surface area contributed by atoms with Gasteiger partial charge in [0.05, 0.1) is 11.3 Å². The van der Waals surface area contributed by atoms with Gasteiger partial charge in [0.1, 0.15) is 0 Å². The van der Waals surface area contributed by atoms with Crippen LogP contribution in [0.15, 0.2) is 85.5 Å². The zero-order chi connectivity index (χ0) is 20.9. The molecular weight excluding hydrogens is 398 g/mol. The van der Waals surface area contributed by atoms with Crippen LogP contribution in [0.25, 0.3) is 0 Å². The summed E-state index contributed by atoms with van der Waals surface area (Å²) in [6.45, 7) is 4.13. The summed E-state index contributed by atoms with van der Waals surface area (Å²) in [5.41, 5.74) is 1.77. The third kappa shape index (κ3) is 2.42. The average molecular weight is 416 g/mol. The van der Waals surface area contributed by atoms with Gasteiger partial charge in [0.2, 0.25) is 5.66 Å². The SMILES string of the molecule is C=CCN1C(=O)[C@@]2(Nc3ccccc3C(=O)N2c2ccc(Cl)cc2)c2ccccc21. The fourth-order valence-electron chi connectivity index (χ4n) is 4.29. The van der Waals surface area contributed by atoms with E-state index in [4.69, 9.17) is 11.6 Å². The summed E-state index contributed by atoms with van der Waals surface area (Å²) >= 11 is 6.09. The predicted molar refractivity (Wildman–Crippen MR) is 119 cm³/mol. The molecule has 6 heteroatoms. The summed E-state index contributed by atoms with van der Waals surface area (Å²) in [6, 6.07) is 21.7. The Hall–Kier alpha value is -3.57. The van der Waals surface area contributed by atoms with E-state index in [0.717, 1.165) is 11.3 Å². The van der Waals surface area contributed by atoms with E-state index in [1.165, 1.54) is 4.90 Å². The first-order valence-electron chi connectivity index (χ1n) is 9.57. The molecule has 0 unspecified atom stereocenters. The van der Waals surface area contributed by atoms with Crippen molar-refractivity contribution in [3.8, 4) is 0 Å². The topological polar surface area (TPSA) is 52.7 Å². The molecule has 1 spiro atoms. The van der Waals surface area contributed by atoms with Gasteiger partial charge in [-0.1, -0.05) is 48.0 Å². The number of nitrogens with zero attached hydrogens (tertiary/aromatic N) is 2. The molecule has 5 rings (SSSR count). The number of fused-ring (bicyclic) bond motifs is 3. The number of carbonyl (C=O) groups excluding carboxylic acids is 2. The van der Waals surface area contributed by atoms with Gasteiger partial charge in [0.25, 0.3) is 11.8 Å². The molecule has 30 heavy (non-hydrogen) atoms. The molecule has 0 bridgehead atoms. The van der Waals surface area contributed by atoms with Crippen molar-refractivity contribution in [3.63, 3.8) is 0 Å². The van der Waals surface area contributed by atoms with E-state index in [2.05, 4.69) is 11.9 Å². The molecular formula is C24H18ClN3O2. The molecule has 3 aromatic rings. The maximum absolute atomic E-state index is 13.9. The van der Waals surface area contributed by atoms with Crippen LogP contribution in [0.4, 0.5) is 17.1 Å². The van der Waals surface area contributed by atoms with E-state index in [1.54, 1.807) is 41.3 Å². The molecule has 0 saturated heterocycles. The van der Waals surface area contributed by atoms with Crippen LogP contribution in [0, 0.1) is 0 Å². The monoisotopic (exact) mass is 415 g/mol. The van der Waals surface area contributed by atoms with Crippen molar-refractivity contribution in [2.45, 2.75) is 5.66 Å². The summed E-state index contributed by atoms with van der Waals surface area (Å²) in [6.07, 6.45) is 1.68. The summed E-state index contributed by atoms with van der Waals surface area (Å²) in [7, 11) is 0. The quantitative estimate of drug-likeness (QED) is 0.625. The number of amides is 2. The molecule has 0 fully saturated rings. The Labute approximate surface area is 179 Å². The first-order chi connectivity index (χ1) is 14.6. The highest BCUT2D eigenvalue weighted by atomic mass is 35.5. The molecule has 0 radical (unpaired) electrons. The smallest absolute Gasteiger partial charge is 0.279 e. The van der Waals surface area contributed by atoms with Crippen LogP contribution in [0.3, 0.4) is 0 Å². The van der Waals surface area contributed by atoms with E-state index in [-0.39, 0.29) is 11.8 Å². The molecule has 0 saturated carbocycles. The number of rotatable bonds is 3. The van der Waals surface area contributed by atoms with Gasteiger partial charge >= 0.3 is 0 Å². The highest BCUT2D eigenvalue weighted by molar-refractivity contribution is 6.30. The number of halogens is 1. The van der Waals surface area contributed by atoms with Crippen LogP contribution in [-0.4, -0.2) is 18.4 Å². The normalized spacial score (nSPS) is 19.5. The molecule has 3 aromatic carbocycles. The minimum Gasteiger partial charge on any atom is -0.350 e. The molecule has 2 aliphatic heterocycles. The molecule has 0 aromatic heterocycles. The van der Waals surface area contributed by atoms with Gasteiger partial charge in [-0.25, -0.2) is 0 Å². The van der Waals surface area contributed by atoms with Gasteiger partial charge in [-0.3, -0.25) is 14.5 Å². The Morgan fingerprint density at radius 2 is 1.67 bits per heavy atom. The molecule has 148 valence electrons. The lowest BCUT2D eigenvalue weighted by Gasteiger charge is -2.45. The highest BCUT2D eigenvalue weighted by Gasteiger charge is 2.59. The molecule has 2 aliphatic rings. The number of benzene rings is 3. The lowest BCUT2D eigenvalue weighted by Crippen LogP contribution is -2.63. The highest BCUT2D eigenvalue weighted by Crippen LogP contribution is 2.49. The number of para-hydroxylation sites is 2. The maximum atomic E-state index is 13.9. The third-order valence-electron chi connectivity index (χ3n) is 5.55. The van der Waals surface area contributed by atoms with Crippen molar-refractivity contribution in [3.05, 3.63) is 102 Å². The lowest BCUT2D eigenvalue weighted by atomic mass is 9.92. The number of carbonyl (C=O) groups is 2. The zero-order valence-electron chi connectivity index (χ0n) is 16.0. The van der Waals surface area contributed by atoms with Gasteiger partial charge in [0, 0.05) is 28.5 Å². The van der Waals surface area contributed by atoms with E-state index in [0.29, 0.717) is 28.5 Å². The van der Waals surface area contributed by atoms with Crippen LogP contribution in [0.2, 0.25) is 5.02 Å². The minimum atomic E-state index is -1.40. The van der Waals surface area contributed by atoms with E-state index >= 15 is 0 Å². The largest absolute Gasteiger partial charge is 0.350 e. The molecule has 1 atom stereocenters. The molecule has 2 heterocycles. The number of anilines is 3. The summed E-state index contributed by atoms with van der Waals surface area (Å²) in [5.74, 6) is -0.489. The van der Waals surface area contributed by atoms with Crippen molar-refractivity contribution in [2.75, 3.05) is 21.7 Å². The fraction of sp³-hybridized carbons (Fsp3) is 0.0833. The predicted octanol–water partition coefficient (Wildman–Crippen LogP) is 4.80. The van der Waals surface area contributed by atoms with Crippen molar-refractivity contribution in [1.29, 1.82) is 0 Å². The summed E-state index contributed by atoms with van der Waals surface area (Å²) in [5, 5.41) is 3.96. The number of nitrogens with one attached hydrogen (secondary N) is 1. The second-order valence-corrected chi connectivity index (χ2v) is 7.66. The van der Waals surface area contributed by atoms with Crippen LogP contribution in [0.5, 0.6) is 0 Å². The maximum Gasteiger partial charge on any atom is 0.279 e.